The lowest BCUT2D eigenvalue weighted by Crippen LogP contribution is -2.20. The van der Waals surface area contributed by atoms with Crippen LogP contribution in [-0.4, -0.2) is 23.0 Å². The summed E-state index contributed by atoms with van der Waals surface area (Å²) >= 11 is 1.22. The van der Waals surface area contributed by atoms with Gasteiger partial charge in [0.2, 0.25) is 5.91 Å². The maximum absolute atomic E-state index is 13.1. The molecule has 0 fully saturated rings. The first-order valence-electron chi connectivity index (χ1n) is 9.36. The number of anilines is 1. The molecule has 1 amide bonds. The number of aromatic nitrogens is 2. The maximum atomic E-state index is 13.1. The fourth-order valence-corrected chi connectivity index (χ4v) is 3.86. The fourth-order valence-electron chi connectivity index (χ4n) is 2.84. The molecule has 2 aromatic carbocycles. The lowest BCUT2D eigenvalue weighted by Gasteiger charge is -2.17. The van der Waals surface area contributed by atoms with Gasteiger partial charge in [-0.3, -0.25) is 9.59 Å². The van der Waals surface area contributed by atoms with E-state index in [1.807, 2.05) is 49.4 Å². The van der Waals surface area contributed by atoms with Crippen LogP contribution in [0.5, 0.6) is 5.75 Å². The molecule has 3 aromatic rings. The molecule has 0 saturated carbocycles. The van der Waals surface area contributed by atoms with Crippen LogP contribution < -0.4 is 15.6 Å². The molecular weight excluding hydrogens is 386 g/mol. The molecule has 0 saturated heterocycles. The average Bonchev–Trinajstić information content (AvgIpc) is 2.72. The Labute approximate surface area is 173 Å². The van der Waals surface area contributed by atoms with Crippen molar-refractivity contribution in [3.63, 3.8) is 0 Å². The van der Waals surface area contributed by atoms with Gasteiger partial charge in [0.1, 0.15) is 11.0 Å². The molecule has 0 aliphatic rings. The molecule has 1 atom stereocenters. The van der Waals surface area contributed by atoms with E-state index in [2.05, 4.69) is 15.3 Å². The number of carbonyl (C=O) groups excluding carboxylic acids is 1. The highest BCUT2D eigenvalue weighted by molar-refractivity contribution is 8.00. The zero-order valence-electron chi connectivity index (χ0n) is 16.3. The van der Waals surface area contributed by atoms with E-state index in [4.69, 9.17) is 4.74 Å². The summed E-state index contributed by atoms with van der Waals surface area (Å²) in [5.74, 6) is 0.447. The van der Waals surface area contributed by atoms with Crippen LogP contribution in [0.2, 0.25) is 0 Å². The quantitative estimate of drug-likeness (QED) is 0.430. The van der Waals surface area contributed by atoms with Crippen molar-refractivity contribution in [2.24, 2.45) is 0 Å². The number of aromatic amines is 1. The Hall–Kier alpha value is -3.06. The molecule has 1 unspecified atom stereocenters. The number of methoxy groups -OCH3 is 1. The van der Waals surface area contributed by atoms with Crippen LogP contribution in [-0.2, 0) is 11.2 Å². The fraction of sp³-hybridized carbons (Fsp3) is 0.227. The first-order chi connectivity index (χ1) is 14.1. The number of thioether (sulfide) groups is 1. The number of ether oxygens (including phenoxy) is 1. The Kier molecular flexibility index (Phi) is 7.08. The number of hydrogen-bond donors (Lipinski definition) is 2. The largest absolute Gasteiger partial charge is 0.497 e. The summed E-state index contributed by atoms with van der Waals surface area (Å²) in [6, 6.07) is 18.1. The average molecular weight is 410 g/mol. The molecule has 1 aromatic heterocycles. The molecule has 0 aliphatic carbocycles. The van der Waals surface area contributed by atoms with E-state index in [0.29, 0.717) is 23.0 Å². The minimum absolute atomic E-state index is 0.210. The number of amides is 1. The number of H-pyrrole nitrogens is 1. The predicted molar refractivity (Wildman–Crippen MR) is 116 cm³/mol. The highest BCUT2D eigenvalue weighted by Gasteiger charge is 2.23. The van der Waals surface area contributed by atoms with Crippen molar-refractivity contribution in [2.45, 2.75) is 30.2 Å². The number of nitrogens with zero attached hydrogens (tertiary/aromatic N) is 1. The van der Waals surface area contributed by atoms with Gasteiger partial charge in [0.15, 0.2) is 5.16 Å². The summed E-state index contributed by atoms with van der Waals surface area (Å²) in [7, 11) is 1.58. The van der Waals surface area contributed by atoms with Gasteiger partial charge in [0.25, 0.3) is 5.56 Å². The highest BCUT2D eigenvalue weighted by atomic mass is 32.2. The summed E-state index contributed by atoms with van der Waals surface area (Å²) < 4.78 is 5.22. The van der Waals surface area contributed by atoms with Gasteiger partial charge in [-0.25, -0.2) is 4.98 Å². The Balaban J connectivity index is 1.89. The summed E-state index contributed by atoms with van der Waals surface area (Å²) in [5, 5.41) is 2.78. The molecule has 2 N–H and O–H groups in total. The van der Waals surface area contributed by atoms with E-state index in [0.717, 1.165) is 17.7 Å². The third kappa shape index (κ3) is 5.71. The highest BCUT2D eigenvalue weighted by Crippen LogP contribution is 2.34. The van der Waals surface area contributed by atoms with Crippen molar-refractivity contribution < 1.29 is 9.53 Å². The van der Waals surface area contributed by atoms with E-state index in [9.17, 15) is 9.59 Å². The number of rotatable bonds is 8. The third-order valence-electron chi connectivity index (χ3n) is 4.19. The zero-order valence-corrected chi connectivity index (χ0v) is 17.2. The third-order valence-corrected chi connectivity index (χ3v) is 5.32. The minimum atomic E-state index is -0.581. The van der Waals surface area contributed by atoms with Gasteiger partial charge in [-0.1, -0.05) is 61.5 Å². The predicted octanol–water partition coefficient (Wildman–Crippen LogP) is 4.20. The number of nitrogens with one attached hydrogen (secondary N) is 2. The van der Waals surface area contributed by atoms with Gasteiger partial charge in [0.05, 0.1) is 7.11 Å². The molecule has 150 valence electrons. The second-order valence-electron chi connectivity index (χ2n) is 6.42. The van der Waals surface area contributed by atoms with Gasteiger partial charge in [-0.2, -0.15) is 0 Å². The van der Waals surface area contributed by atoms with Crippen molar-refractivity contribution in [1.29, 1.82) is 0 Å². The monoisotopic (exact) mass is 409 g/mol. The molecule has 0 spiro atoms. The SMILES string of the molecule is CCCc1cc(=O)[nH]c(SC(C(=O)Nc2cccc(OC)c2)c2ccccc2)n1. The van der Waals surface area contributed by atoms with E-state index in [-0.39, 0.29) is 11.5 Å². The molecule has 1 heterocycles. The van der Waals surface area contributed by atoms with Crippen molar-refractivity contribution in [3.8, 4) is 5.75 Å². The van der Waals surface area contributed by atoms with E-state index in [1.165, 1.54) is 17.8 Å². The van der Waals surface area contributed by atoms with Gasteiger partial charge in [0, 0.05) is 23.5 Å². The number of benzene rings is 2. The first-order valence-corrected chi connectivity index (χ1v) is 10.2. The topological polar surface area (TPSA) is 84.1 Å². The standard InChI is InChI=1S/C22H23N3O3S/c1-3-8-16-14-19(26)25-22(24-16)29-20(15-9-5-4-6-10-15)21(27)23-17-11-7-12-18(13-17)28-2/h4-7,9-14,20H,3,8H2,1-2H3,(H,23,27)(H,24,25,26). The van der Waals surface area contributed by atoms with Gasteiger partial charge in [-0.05, 0) is 24.1 Å². The first kappa shape index (κ1) is 20.7. The zero-order chi connectivity index (χ0) is 20.6. The Morgan fingerprint density at radius 1 is 1.17 bits per heavy atom. The number of hydrogen-bond acceptors (Lipinski definition) is 5. The minimum Gasteiger partial charge on any atom is -0.497 e. The Morgan fingerprint density at radius 2 is 1.97 bits per heavy atom. The lowest BCUT2D eigenvalue weighted by molar-refractivity contribution is -0.115. The van der Waals surface area contributed by atoms with Crippen molar-refractivity contribution >= 4 is 23.4 Å². The van der Waals surface area contributed by atoms with Crippen LogP contribution in [0.3, 0.4) is 0 Å². The summed E-state index contributed by atoms with van der Waals surface area (Å²) in [5.41, 5.74) is 1.96. The van der Waals surface area contributed by atoms with E-state index < -0.39 is 5.25 Å². The molecule has 0 aliphatic heterocycles. The Morgan fingerprint density at radius 3 is 2.69 bits per heavy atom. The molecule has 0 bridgehead atoms. The normalized spacial score (nSPS) is 11.7. The molecular formula is C22H23N3O3S. The molecule has 3 rings (SSSR count). The molecule has 7 heteroatoms. The van der Waals surface area contributed by atoms with Crippen molar-refractivity contribution in [2.75, 3.05) is 12.4 Å². The maximum Gasteiger partial charge on any atom is 0.251 e. The molecule has 0 radical (unpaired) electrons. The molecule has 29 heavy (non-hydrogen) atoms. The van der Waals surface area contributed by atoms with Crippen LogP contribution in [0.4, 0.5) is 5.69 Å². The lowest BCUT2D eigenvalue weighted by atomic mass is 10.1. The van der Waals surface area contributed by atoms with Crippen LogP contribution >= 0.6 is 11.8 Å². The summed E-state index contributed by atoms with van der Waals surface area (Å²) in [4.78, 5) is 32.4. The van der Waals surface area contributed by atoms with Crippen LogP contribution in [0.15, 0.2) is 70.6 Å². The van der Waals surface area contributed by atoms with E-state index in [1.54, 1.807) is 19.2 Å². The van der Waals surface area contributed by atoms with Gasteiger partial charge >= 0.3 is 0 Å². The number of aryl methyl sites for hydroxylation is 1. The van der Waals surface area contributed by atoms with E-state index >= 15 is 0 Å². The smallest absolute Gasteiger partial charge is 0.251 e. The van der Waals surface area contributed by atoms with Crippen LogP contribution in [0.1, 0.15) is 29.9 Å². The van der Waals surface area contributed by atoms with Crippen molar-refractivity contribution in [3.05, 3.63) is 82.3 Å². The van der Waals surface area contributed by atoms with Crippen molar-refractivity contribution in [1.82, 2.24) is 9.97 Å². The molecule has 6 nitrogen and oxygen atoms in total. The summed E-state index contributed by atoms with van der Waals surface area (Å²) in [6.07, 6.45) is 1.60. The second-order valence-corrected chi connectivity index (χ2v) is 7.52. The van der Waals surface area contributed by atoms with Gasteiger partial charge < -0.3 is 15.0 Å². The second kappa shape index (κ2) is 9.93. The van der Waals surface area contributed by atoms with Gasteiger partial charge in [-0.15, -0.1) is 0 Å². The van der Waals surface area contributed by atoms with Crippen LogP contribution in [0.25, 0.3) is 0 Å². The summed E-state index contributed by atoms with van der Waals surface area (Å²) in [6.45, 7) is 2.03. The van der Waals surface area contributed by atoms with Crippen LogP contribution in [0, 0.1) is 0 Å². The number of carbonyl (C=O) groups is 1. The Bertz CT molecular complexity index is 1020.